The zero-order valence-electron chi connectivity index (χ0n) is 24.1. The van der Waals surface area contributed by atoms with Crippen molar-refractivity contribution in [1.29, 1.82) is 0 Å². The number of halogens is 1. The van der Waals surface area contributed by atoms with Gasteiger partial charge in [-0.3, -0.25) is 19.2 Å². The number of cyclic esters (lactones) is 1. The molecule has 0 saturated carbocycles. The van der Waals surface area contributed by atoms with Crippen LogP contribution in [0.5, 0.6) is 0 Å². The van der Waals surface area contributed by atoms with E-state index in [-0.39, 0.29) is 38.1 Å². The van der Waals surface area contributed by atoms with Crippen LogP contribution in [0.4, 0.5) is 0 Å². The average Bonchev–Trinajstić information content (AvgIpc) is 3.56. The van der Waals surface area contributed by atoms with Crippen LogP contribution < -0.4 is 5.32 Å². The Labute approximate surface area is 254 Å². The summed E-state index contributed by atoms with van der Waals surface area (Å²) in [4.78, 5) is 58.6. The predicted molar refractivity (Wildman–Crippen MR) is 157 cm³/mol. The molecule has 1 spiro atoms. The minimum Gasteiger partial charge on any atom is -0.463 e. The minimum absolute atomic E-state index is 0.0753. The van der Waals surface area contributed by atoms with Gasteiger partial charge in [0.2, 0.25) is 17.7 Å². The molecule has 11 heteroatoms. The number of aliphatic hydroxyl groups excluding tert-OH is 1. The van der Waals surface area contributed by atoms with Crippen molar-refractivity contribution in [2.45, 2.75) is 75.9 Å². The molecule has 2 saturated heterocycles. The Morgan fingerprint density at radius 3 is 2.52 bits per heavy atom. The van der Waals surface area contributed by atoms with Crippen molar-refractivity contribution < 1.29 is 33.8 Å². The number of amides is 3. The van der Waals surface area contributed by atoms with Gasteiger partial charge in [-0.1, -0.05) is 65.3 Å². The van der Waals surface area contributed by atoms with Gasteiger partial charge in [-0.25, -0.2) is 0 Å². The number of rotatable bonds is 5. The molecule has 5 rings (SSSR count). The number of likely N-dealkylation sites (tertiary alicyclic amines) is 1. The van der Waals surface area contributed by atoms with Gasteiger partial charge in [0.05, 0.1) is 30.5 Å². The largest absolute Gasteiger partial charge is 0.463 e. The van der Waals surface area contributed by atoms with Crippen LogP contribution in [0.2, 0.25) is 0 Å². The van der Waals surface area contributed by atoms with Gasteiger partial charge in [0.25, 0.3) is 0 Å². The van der Waals surface area contributed by atoms with E-state index in [1.54, 1.807) is 11.0 Å². The molecule has 42 heavy (non-hydrogen) atoms. The fraction of sp³-hybridized carbons (Fsp3) is 0.548. The topological polar surface area (TPSA) is 125 Å². The van der Waals surface area contributed by atoms with E-state index in [9.17, 15) is 24.3 Å². The van der Waals surface area contributed by atoms with Gasteiger partial charge < -0.3 is 29.7 Å². The normalized spacial score (nSPS) is 33.4. The van der Waals surface area contributed by atoms with Crippen molar-refractivity contribution in [1.82, 2.24) is 15.1 Å². The second-order valence-corrected chi connectivity index (χ2v) is 12.5. The van der Waals surface area contributed by atoms with Gasteiger partial charge >= 0.3 is 5.97 Å². The molecule has 0 aliphatic carbocycles. The smallest absolute Gasteiger partial charge is 0.306 e. The van der Waals surface area contributed by atoms with E-state index in [1.165, 1.54) is 4.90 Å². The molecule has 10 nitrogen and oxygen atoms in total. The maximum absolute atomic E-state index is 14.4. The van der Waals surface area contributed by atoms with Crippen molar-refractivity contribution >= 4 is 39.6 Å². The third-order valence-corrected chi connectivity index (χ3v) is 9.48. The van der Waals surface area contributed by atoms with Crippen LogP contribution in [0.1, 0.15) is 51.6 Å². The molecule has 7 atom stereocenters. The van der Waals surface area contributed by atoms with Crippen LogP contribution in [-0.4, -0.2) is 88.2 Å². The summed E-state index contributed by atoms with van der Waals surface area (Å²) < 4.78 is 12.7. The van der Waals surface area contributed by atoms with Crippen LogP contribution in [0.3, 0.4) is 0 Å². The zero-order valence-corrected chi connectivity index (χ0v) is 25.7. The van der Waals surface area contributed by atoms with E-state index >= 15 is 0 Å². The Morgan fingerprint density at radius 1 is 1.12 bits per heavy atom. The van der Waals surface area contributed by atoms with Crippen LogP contribution in [0, 0.1) is 11.8 Å². The van der Waals surface area contributed by atoms with Gasteiger partial charge in [0.15, 0.2) is 0 Å². The number of carbonyl (C=O) groups excluding carboxylic acids is 4. The molecule has 0 radical (unpaired) electrons. The monoisotopic (exact) mass is 643 g/mol. The number of hydrogen-bond acceptors (Lipinski definition) is 7. The van der Waals surface area contributed by atoms with Gasteiger partial charge in [0, 0.05) is 23.5 Å². The summed E-state index contributed by atoms with van der Waals surface area (Å²) in [7, 11) is 0. The van der Waals surface area contributed by atoms with E-state index in [0.29, 0.717) is 17.3 Å². The number of allylic oxidation sites excluding steroid dienone is 1. The number of carbonyl (C=O) groups is 4. The lowest BCUT2D eigenvalue weighted by Gasteiger charge is -2.39. The molecule has 2 N–H and O–H groups in total. The molecule has 0 unspecified atom stereocenters. The molecular weight excluding hydrogens is 606 g/mol. The molecule has 5 bridgehead atoms. The summed E-state index contributed by atoms with van der Waals surface area (Å²) in [5, 5.41) is 13.3. The second kappa shape index (κ2) is 12.3. The molecular formula is C31H38BrN3O7. The highest BCUT2D eigenvalue weighted by Crippen LogP contribution is 2.59. The third-order valence-electron chi connectivity index (χ3n) is 8.80. The number of nitrogens with zero attached hydrogens (tertiary/aromatic N) is 2. The predicted octanol–water partition coefficient (Wildman–Crippen LogP) is 2.62. The third kappa shape index (κ3) is 5.20. The number of fused-ring (bicyclic) bond motifs is 2. The Hall–Kier alpha value is -3.02. The maximum Gasteiger partial charge on any atom is 0.306 e. The Kier molecular flexibility index (Phi) is 8.91. The maximum atomic E-state index is 14.4. The fourth-order valence-corrected chi connectivity index (χ4v) is 7.42. The summed E-state index contributed by atoms with van der Waals surface area (Å²) in [6, 6.07) is 6.63. The van der Waals surface area contributed by atoms with E-state index < -0.39 is 59.5 Å². The summed E-state index contributed by atoms with van der Waals surface area (Å²) in [6.45, 7) is 5.49. The number of hydrogen-bond donors (Lipinski definition) is 2. The summed E-state index contributed by atoms with van der Waals surface area (Å²) in [6.07, 6.45) is 5.68. The van der Waals surface area contributed by atoms with Crippen LogP contribution in [-0.2, 0) is 28.7 Å². The van der Waals surface area contributed by atoms with Crippen LogP contribution >= 0.6 is 15.9 Å². The standard InChI is InChI=1S/C31H38BrN3O7/c1-4-20(16-36)35-27-30(40)34(18(2)3)14-10-6-9-13-23(37)41-17-22(19-11-7-5-8-12-19)33-28(38)24-25(29(35)39)31(27)15-21(32)26(24)42-31/h5-8,10-12,15,18,20,22,24-27,36H,4,9,13-14,16-17H2,1-3H3,(H,33,38)/b10-6-/t20-,22-,24-,25+,26-,27-,31+/m0/s1. The van der Waals surface area contributed by atoms with Crippen molar-refractivity contribution in [2.24, 2.45) is 11.8 Å². The van der Waals surface area contributed by atoms with E-state index in [1.807, 2.05) is 63.3 Å². The Bertz CT molecular complexity index is 1280. The van der Waals surface area contributed by atoms with E-state index in [0.717, 1.165) is 5.56 Å². The SMILES string of the molecule is CC[C@@H](CO)N1C(=O)[C@H]2[C@@H]3C(=O)N[C@H](c4ccccc4)COC(=O)CC/C=C\CN(C(C)C)C(=O)[C@H]1[C@@]21C=C(Br)[C@@H]3O1. The van der Waals surface area contributed by atoms with Crippen molar-refractivity contribution in [2.75, 3.05) is 19.8 Å². The minimum atomic E-state index is -1.39. The van der Waals surface area contributed by atoms with Gasteiger partial charge in [0.1, 0.15) is 24.4 Å². The Morgan fingerprint density at radius 2 is 1.86 bits per heavy atom. The molecule has 0 aromatic heterocycles. The lowest BCUT2D eigenvalue weighted by molar-refractivity contribution is -0.151. The van der Waals surface area contributed by atoms with E-state index in [4.69, 9.17) is 9.47 Å². The Balaban J connectivity index is 1.61. The number of benzene rings is 1. The van der Waals surface area contributed by atoms with Crippen molar-refractivity contribution in [3.05, 3.63) is 58.6 Å². The molecule has 1 aromatic rings. The first kappa shape index (κ1) is 30.4. The van der Waals surface area contributed by atoms with E-state index in [2.05, 4.69) is 21.2 Å². The van der Waals surface area contributed by atoms with Gasteiger partial charge in [-0.15, -0.1) is 0 Å². The summed E-state index contributed by atoms with van der Waals surface area (Å²) in [5.74, 6) is -3.47. The molecule has 1 aromatic carbocycles. The zero-order chi connectivity index (χ0) is 30.2. The highest BCUT2D eigenvalue weighted by Gasteiger charge is 2.75. The van der Waals surface area contributed by atoms with Crippen LogP contribution in [0.15, 0.2) is 53.0 Å². The van der Waals surface area contributed by atoms with Crippen LogP contribution in [0.25, 0.3) is 0 Å². The number of esters is 1. The second-order valence-electron chi connectivity index (χ2n) is 11.6. The summed E-state index contributed by atoms with van der Waals surface area (Å²) in [5.41, 5.74) is -0.641. The first-order valence-corrected chi connectivity index (χ1v) is 15.4. The highest BCUT2D eigenvalue weighted by atomic mass is 79.9. The van der Waals surface area contributed by atoms with Gasteiger partial charge in [-0.05, 0) is 38.3 Å². The quantitative estimate of drug-likeness (QED) is 0.373. The fourth-order valence-electron chi connectivity index (χ4n) is 6.68. The molecule has 4 aliphatic heterocycles. The summed E-state index contributed by atoms with van der Waals surface area (Å²) >= 11 is 3.57. The molecule has 3 amide bonds. The van der Waals surface area contributed by atoms with Crippen molar-refractivity contribution in [3.8, 4) is 0 Å². The molecule has 4 aliphatic rings. The first-order chi connectivity index (χ1) is 20.1. The van der Waals surface area contributed by atoms with Crippen molar-refractivity contribution in [3.63, 3.8) is 0 Å². The lowest BCUT2D eigenvalue weighted by atomic mass is 9.74. The number of nitrogens with one attached hydrogen (secondary N) is 1. The molecule has 4 heterocycles. The number of aliphatic hydroxyl groups is 1. The molecule has 226 valence electrons. The first-order valence-electron chi connectivity index (χ1n) is 14.6. The van der Waals surface area contributed by atoms with Gasteiger partial charge in [-0.2, -0.15) is 0 Å². The number of ether oxygens (including phenoxy) is 2. The highest BCUT2D eigenvalue weighted by molar-refractivity contribution is 9.11. The molecule has 2 fully saturated rings. The lowest BCUT2D eigenvalue weighted by Crippen LogP contribution is -2.59. The average molecular weight is 645 g/mol.